The molecule has 4 rings (SSSR count). The first-order chi connectivity index (χ1) is 13.2. The second-order valence-electron chi connectivity index (χ2n) is 6.83. The molecule has 0 saturated heterocycles. The third-order valence-corrected chi connectivity index (χ3v) is 5.97. The molecule has 0 aromatic carbocycles. The summed E-state index contributed by atoms with van der Waals surface area (Å²) in [5, 5.41) is 7.36. The van der Waals surface area contributed by atoms with Crippen LogP contribution in [0.1, 0.15) is 37.1 Å². The van der Waals surface area contributed by atoms with Gasteiger partial charge in [-0.3, -0.25) is 9.78 Å². The highest BCUT2D eigenvalue weighted by molar-refractivity contribution is 7.19. The van der Waals surface area contributed by atoms with Gasteiger partial charge in [0.25, 0.3) is 0 Å². The smallest absolute Gasteiger partial charge is 0.242 e. The Bertz CT molecular complexity index is 969. The average molecular weight is 382 g/mol. The monoisotopic (exact) mass is 381 g/mol. The lowest BCUT2D eigenvalue weighted by molar-refractivity contribution is -0.121. The molecule has 0 bridgehead atoms. The number of fused-ring (bicyclic) bond motifs is 3. The molecule has 140 valence electrons. The summed E-state index contributed by atoms with van der Waals surface area (Å²) in [6.07, 6.45) is 7.75. The van der Waals surface area contributed by atoms with Crippen molar-refractivity contribution in [2.45, 2.75) is 45.6 Å². The van der Waals surface area contributed by atoms with Gasteiger partial charge in [0.2, 0.25) is 5.91 Å². The number of thiophene rings is 1. The number of aryl methyl sites for hydroxylation is 2. The van der Waals surface area contributed by atoms with E-state index in [1.165, 1.54) is 16.9 Å². The summed E-state index contributed by atoms with van der Waals surface area (Å²) in [6.45, 7) is 4.59. The molecule has 0 spiro atoms. The lowest BCUT2D eigenvalue weighted by Gasteiger charge is -2.16. The minimum Gasteiger partial charge on any atom is -0.358 e. The van der Waals surface area contributed by atoms with Gasteiger partial charge in [-0.15, -0.1) is 11.3 Å². The number of rotatable bonds is 6. The number of hydrogen-bond donors (Lipinski definition) is 2. The van der Waals surface area contributed by atoms with Gasteiger partial charge in [-0.2, -0.15) is 0 Å². The molecule has 0 saturated carbocycles. The summed E-state index contributed by atoms with van der Waals surface area (Å²) in [6, 6.07) is 3.47. The first kappa shape index (κ1) is 17.9. The molecule has 3 heterocycles. The van der Waals surface area contributed by atoms with E-state index in [4.69, 9.17) is 9.97 Å². The Morgan fingerprint density at radius 1 is 1.33 bits per heavy atom. The van der Waals surface area contributed by atoms with Crippen molar-refractivity contribution in [1.29, 1.82) is 0 Å². The number of carbonyl (C=O) groups is 1. The summed E-state index contributed by atoms with van der Waals surface area (Å²) in [5.41, 5.74) is 2.22. The fourth-order valence-electron chi connectivity index (χ4n) is 3.40. The van der Waals surface area contributed by atoms with E-state index in [-0.39, 0.29) is 11.9 Å². The highest BCUT2D eigenvalue weighted by atomic mass is 32.1. The zero-order chi connectivity index (χ0) is 18.8. The molecule has 27 heavy (non-hydrogen) atoms. The van der Waals surface area contributed by atoms with Gasteiger partial charge in [0, 0.05) is 29.4 Å². The molecule has 3 aromatic rings. The van der Waals surface area contributed by atoms with Crippen molar-refractivity contribution in [3.8, 4) is 11.4 Å². The Hall–Kier alpha value is -2.54. The Morgan fingerprint density at radius 3 is 3.00 bits per heavy atom. The van der Waals surface area contributed by atoms with Crippen molar-refractivity contribution < 1.29 is 4.79 Å². The second kappa shape index (κ2) is 7.60. The van der Waals surface area contributed by atoms with E-state index in [9.17, 15) is 4.79 Å². The zero-order valence-electron chi connectivity index (χ0n) is 15.6. The van der Waals surface area contributed by atoms with Gasteiger partial charge in [-0.05, 0) is 50.3 Å². The predicted molar refractivity (Wildman–Crippen MR) is 109 cm³/mol. The average Bonchev–Trinajstić information content (AvgIpc) is 3.27. The molecule has 1 aliphatic carbocycles. The van der Waals surface area contributed by atoms with Crippen molar-refractivity contribution in [3.05, 3.63) is 35.0 Å². The molecule has 0 unspecified atom stereocenters. The van der Waals surface area contributed by atoms with E-state index in [1.54, 1.807) is 23.7 Å². The largest absolute Gasteiger partial charge is 0.358 e. The molecule has 1 atom stereocenters. The Kier molecular flexibility index (Phi) is 5.03. The van der Waals surface area contributed by atoms with Gasteiger partial charge < -0.3 is 10.6 Å². The van der Waals surface area contributed by atoms with Crippen LogP contribution in [0.4, 0.5) is 5.82 Å². The van der Waals surface area contributed by atoms with Crippen LogP contribution < -0.4 is 10.6 Å². The van der Waals surface area contributed by atoms with Crippen molar-refractivity contribution in [1.82, 2.24) is 20.3 Å². The van der Waals surface area contributed by atoms with Gasteiger partial charge >= 0.3 is 0 Å². The number of hydrogen-bond acceptors (Lipinski definition) is 6. The summed E-state index contributed by atoms with van der Waals surface area (Å²) in [4.78, 5) is 28.5. The molecule has 1 amide bonds. The molecule has 0 radical (unpaired) electrons. The third kappa shape index (κ3) is 3.51. The van der Waals surface area contributed by atoms with Crippen LogP contribution >= 0.6 is 11.3 Å². The molecule has 7 heteroatoms. The van der Waals surface area contributed by atoms with Crippen LogP contribution in [0.2, 0.25) is 0 Å². The first-order valence-corrected chi connectivity index (χ1v) is 10.3. The predicted octanol–water partition coefficient (Wildman–Crippen LogP) is 3.57. The van der Waals surface area contributed by atoms with Gasteiger partial charge in [0.15, 0.2) is 5.82 Å². The molecule has 1 aliphatic rings. The lowest BCUT2D eigenvalue weighted by Crippen LogP contribution is -2.38. The summed E-state index contributed by atoms with van der Waals surface area (Å²) in [5.74, 6) is 1.37. The van der Waals surface area contributed by atoms with Crippen molar-refractivity contribution in [3.63, 3.8) is 0 Å². The summed E-state index contributed by atoms with van der Waals surface area (Å²) < 4.78 is 0. The molecule has 0 aliphatic heterocycles. The standard InChI is InChI=1S/C20H23N5OS/c1-3-9-22-19(26)12(2)23-18-16-14-7-4-8-15(14)27-20(16)25-17(24-18)13-6-5-10-21-11-13/h5-6,10-12H,3-4,7-9H2,1-2H3,(H,22,26)(H,23,24,25)/t12-/m0/s1. The van der Waals surface area contributed by atoms with Crippen LogP contribution in [-0.4, -0.2) is 33.4 Å². The van der Waals surface area contributed by atoms with Crippen molar-refractivity contribution in [2.75, 3.05) is 11.9 Å². The fraction of sp³-hybridized carbons (Fsp3) is 0.400. The normalized spacial score (nSPS) is 14.1. The molecular weight excluding hydrogens is 358 g/mol. The quantitative estimate of drug-likeness (QED) is 0.682. The molecule has 2 N–H and O–H groups in total. The van der Waals surface area contributed by atoms with Crippen molar-refractivity contribution in [2.24, 2.45) is 0 Å². The number of carbonyl (C=O) groups excluding carboxylic acids is 1. The van der Waals surface area contributed by atoms with Gasteiger partial charge in [0.1, 0.15) is 16.7 Å². The second-order valence-corrected chi connectivity index (χ2v) is 7.92. The van der Waals surface area contributed by atoms with E-state index in [2.05, 4.69) is 15.6 Å². The Balaban J connectivity index is 1.76. The van der Waals surface area contributed by atoms with Crippen LogP contribution in [0.3, 0.4) is 0 Å². The lowest BCUT2D eigenvalue weighted by atomic mass is 10.1. The zero-order valence-corrected chi connectivity index (χ0v) is 16.4. The van der Waals surface area contributed by atoms with Crippen LogP contribution in [0.15, 0.2) is 24.5 Å². The van der Waals surface area contributed by atoms with Crippen LogP contribution in [0.5, 0.6) is 0 Å². The fourth-order valence-corrected chi connectivity index (χ4v) is 4.66. The number of nitrogens with one attached hydrogen (secondary N) is 2. The van der Waals surface area contributed by atoms with Crippen LogP contribution in [0.25, 0.3) is 21.6 Å². The third-order valence-electron chi connectivity index (χ3n) is 4.78. The number of anilines is 1. The number of aromatic nitrogens is 3. The maximum atomic E-state index is 12.3. The van der Waals surface area contributed by atoms with E-state index < -0.39 is 0 Å². The number of nitrogens with zero attached hydrogens (tertiary/aromatic N) is 3. The highest BCUT2D eigenvalue weighted by Gasteiger charge is 2.24. The van der Waals surface area contributed by atoms with E-state index in [1.807, 2.05) is 26.0 Å². The summed E-state index contributed by atoms with van der Waals surface area (Å²) in [7, 11) is 0. The van der Waals surface area contributed by atoms with E-state index >= 15 is 0 Å². The van der Waals surface area contributed by atoms with E-state index in [0.29, 0.717) is 12.4 Å². The first-order valence-electron chi connectivity index (χ1n) is 9.44. The number of pyridine rings is 1. The van der Waals surface area contributed by atoms with Crippen molar-refractivity contribution >= 4 is 33.3 Å². The summed E-state index contributed by atoms with van der Waals surface area (Å²) >= 11 is 1.75. The van der Waals surface area contributed by atoms with Gasteiger partial charge in [0.05, 0.1) is 5.39 Å². The SMILES string of the molecule is CCCNC(=O)[C@H](C)Nc1nc(-c2cccnc2)nc2sc3c(c12)CCC3. The van der Waals surface area contributed by atoms with Crippen LogP contribution in [0, 0.1) is 0 Å². The molecule has 0 fully saturated rings. The molecule has 6 nitrogen and oxygen atoms in total. The minimum atomic E-state index is -0.367. The molecular formula is C20H23N5OS. The Morgan fingerprint density at radius 2 is 2.22 bits per heavy atom. The maximum Gasteiger partial charge on any atom is 0.242 e. The Labute approximate surface area is 162 Å². The van der Waals surface area contributed by atoms with Crippen LogP contribution in [-0.2, 0) is 17.6 Å². The molecule has 3 aromatic heterocycles. The topological polar surface area (TPSA) is 79.8 Å². The highest BCUT2D eigenvalue weighted by Crippen LogP contribution is 2.40. The van der Waals surface area contributed by atoms with Gasteiger partial charge in [-0.25, -0.2) is 9.97 Å². The maximum absolute atomic E-state index is 12.3. The minimum absolute atomic E-state index is 0.0154. The van der Waals surface area contributed by atoms with Gasteiger partial charge in [-0.1, -0.05) is 6.92 Å². The van der Waals surface area contributed by atoms with E-state index in [0.717, 1.165) is 40.9 Å². The number of amides is 1.